The molecule has 1 heterocycles. The smallest absolute Gasteiger partial charge is 0.315 e. The van der Waals surface area contributed by atoms with Crippen LogP contribution in [0.1, 0.15) is 31.0 Å². The van der Waals surface area contributed by atoms with Gasteiger partial charge in [-0.25, -0.2) is 9.78 Å². The van der Waals surface area contributed by atoms with Crippen LogP contribution in [-0.2, 0) is 4.79 Å². The lowest BCUT2D eigenvalue weighted by atomic mass is 10.1. The summed E-state index contributed by atoms with van der Waals surface area (Å²) in [5.74, 6) is -0.304. The zero-order valence-corrected chi connectivity index (χ0v) is 11.3. The summed E-state index contributed by atoms with van der Waals surface area (Å²) in [5, 5.41) is 14.3. The summed E-state index contributed by atoms with van der Waals surface area (Å²) in [7, 11) is 0. The Labute approximate surface area is 116 Å². The molecule has 2 amide bonds. The predicted octanol–water partition coefficient (Wildman–Crippen LogP) is 1.37. The number of urea groups is 1. The molecule has 1 aliphatic rings. The van der Waals surface area contributed by atoms with Gasteiger partial charge in [0, 0.05) is 0 Å². The summed E-state index contributed by atoms with van der Waals surface area (Å²) >= 11 is 0. The maximum absolute atomic E-state index is 11.8. The van der Waals surface area contributed by atoms with E-state index in [0.717, 1.165) is 0 Å². The van der Waals surface area contributed by atoms with Crippen LogP contribution in [0, 0.1) is 12.8 Å². The highest BCUT2D eigenvalue weighted by Crippen LogP contribution is 2.18. The molecule has 3 atom stereocenters. The lowest BCUT2D eigenvalue weighted by Gasteiger charge is -2.15. The first-order chi connectivity index (χ1) is 9.45. The Hall–Kier alpha value is -2.31. The third kappa shape index (κ3) is 3.37. The number of aromatic nitrogens is 1. The molecule has 3 N–H and O–H groups in total. The van der Waals surface area contributed by atoms with Gasteiger partial charge in [-0.1, -0.05) is 12.2 Å². The van der Waals surface area contributed by atoms with Gasteiger partial charge in [0.25, 0.3) is 0 Å². The summed E-state index contributed by atoms with van der Waals surface area (Å²) in [6.45, 7) is 3.54. The molecule has 1 aliphatic carbocycles. The molecular formula is C13H17N3O4. The molecule has 0 bridgehead atoms. The number of amides is 2. The number of oxazole rings is 1. The molecule has 0 radical (unpaired) electrons. The minimum absolute atomic E-state index is 0.269. The van der Waals surface area contributed by atoms with Crippen molar-refractivity contribution in [2.75, 3.05) is 0 Å². The predicted molar refractivity (Wildman–Crippen MR) is 70.0 cm³/mol. The van der Waals surface area contributed by atoms with Crippen LogP contribution < -0.4 is 10.6 Å². The third-order valence-electron chi connectivity index (χ3n) is 3.07. The number of hydrogen-bond donors (Lipinski definition) is 3. The van der Waals surface area contributed by atoms with Gasteiger partial charge in [0.2, 0.25) is 5.89 Å². The molecule has 0 saturated carbocycles. The van der Waals surface area contributed by atoms with Gasteiger partial charge in [-0.05, 0) is 20.3 Å². The third-order valence-corrected chi connectivity index (χ3v) is 3.07. The second-order valence-corrected chi connectivity index (χ2v) is 4.82. The van der Waals surface area contributed by atoms with Crippen molar-refractivity contribution in [3.8, 4) is 0 Å². The van der Waals surface area contributed by atoms with Crippen LogP contribution in [0.2, 0.25) is 0 Å². The summed E-state index contributed by atoms with van der Waals surface area (Å²) in [6.07, 6.45) is 5.24. The summed E-state index contributed by atoms with van der Waals surface area (Å²) < 4.78 is 5.32. The van der Waals surface area contributed by atoms with Crippen molar-refractivity contribution in [2.45, 2.75) is 32.4 Å². The fourth-order valence-corrected chi connectivity index (χ4v) is 2.03. The van der Waals surface area contributed by atoms with Gasteiger partial charge >= 0.3 is 12.0 Å². The maximum Gasteiger partial charge on any atom is 0.315 e. The average Bonchev–Trinajstić information content (AvgIpc) is 2.98. The molecule has 7 nitrogen and oxygen atoms in total. The number of aryl methyl sites for hydroxylation is 1. The summed E-state index contributed by atoms with van der Waals surface area (Å²) in [5.41, 5.74) is 0. The van der Waals surface area contributed by atoms with E-state index in [0.29, 0.717) is 18.1 Å². The minimum Gasteiger partial charge on any atom is -0.481 e. The Morgan fingerprint density at radius 3 is 2.80 bits per heavy atom. The fourth-order valence-electron chi connectivity index (χ4n) is 2.03. The maximum atomic E-state index is 11.8. The van der Waals surface area contributed by atoms with Gasteiger partial charge in [-0.3, -0.25) is 4.79 Å². The second kappa shape index (κ2) is 5.77. The van der Waals surface area contributed by atoms with E-state index in [4.69, 9.17) is 9.52 Å². The number of aliphatic carboxylic acids is 1. The van der Waals surface area contributed by atoms with Crippen molar-refractivity contribution >= 4 is 12.0 Å². The molecule has 1 aromatic rings. The van der Waals surface area contributed by atoms with Crippen molar-refractivity contribution in [1.82, 2.24) is 15.6 Å². The van der Waals surface area contributed by atoms with E-state index >= 15 is 0 Å². The highest BCUT2D eigenvalue weighted by molar-refractivity contribution is 5.76. The van der Waals surface area contributed by atoms with Gasteiger partial charge < -0.3 is 20.2 Å². The van der Waals surface area contributed by atoms with Crippen molar-refractivity contribution in [1.29, 1.82) is 0 Å². The molecule has 2 rings (SSSR count). The average molecular weight is 279 g/mol. The SMILES string of the molecule is Cc1cnc(C(C)NC(=O)NC2C=CC(C(=O)O)C2)o1. The molecule has 0 saturated heterocycles. The van der Waals surface area contributed by atoms with E-state index in [1.54, 1.807) is 32.2 Å². The molecule has 0 aromatic carbocycles. The molecule has 7 heteroatoms. The first-order valence-electron chi connectivity index (χ1n) is 6.36. The Kier molecular flexibility index (Phi) is 4.07. The first-order valence-corrected chi connectivity index (χ1v) is 6.36. The van der Waals surface area contributed by atoms with E-state index in [2.05, 4.69) is 15.6 Å². The highest BCUT2D eigenvalue weighted by Gasteiger charge is 2.25. The van der Waals surface area contributed by atoms with Crippen molar-refractivity contribution < 1.29 is 19.1 Å². The van der Waals surface area contributed by atoms with Crippen LogP contribution in [-0.4, -0.2) is 28.1 Å². The van der Waals surface area contributed by atoms with E-state index < -0.39 is 11.9 Å². The van der Waals surface area contributed by atoms with Gasteiger partial charge in [0.1, 0.15) is 11.8 Å². The molecule has 0 spiro atoms. The second-order valence-electron chi connectivity index (χ2n) is 4.82. The van der Waals surface area contributed by atoms with Gasteiger partial charge in [-0.2, -0.15) is 0 Å². The fraction of sp³-hybridized carbons (Fsp3) is 0.462. The van der Waals surface area contributed by atoms with Crippen molar-refractivity contribution in [3.05, 3.63) is 30.0 Å². The van der Waals surface area contributed by atoms with Gasteiger partial charge in [0.15, 0.2) is 0 Å². The van der Waals surface area contributed by atoms with Crippen molar-refractivity contribution in [2.24, 2.45) is 5.92 Å². The van der Waals surface area contributed by atoms with E-state index in [-0.39, 0.29) is 18.1 Å². The summed E-state index contributed by atoms with van der Waals surface area (Å²) in [6, 6.07) is -1.01. The van der Waals surface area contributed by atoms with Crippen LogP contribution in [0.25, 0.3) is 0 Å². The van der Waals surface area contributed by atoms with E-state index in [1.807, 2.05) is 0 Å². The number of carboxylic acids is 1. The molecule has 3 unspecified atom stereocenters. The standard InChI is InChI=1S/C13H17N3O4/c1-7-6-14-11(20-7)8(2)15-13(19)16-10-4-3-9(5-10)12(17)18/h3-4,6,8-10H,5H2,1-2H3,(H,17,18)(H2,15,16,19). The lowest BCUT2D eigenvalue weighted by Crippen LogP contribution is -2.42. The Morgan fingerprint density at radius 2 is 2.25 bits per heavy atom. The van der Waals surface area contributed by atoms with Crippen LogP contribution in [0.4, 0.5) is 4.79 Å². The molecule has 0 fully saturated rings. The largest absolute Gasteiger partial charge is 0.481 e. The van der Waals surface area contributed by atoms with Crippen LogP contribution in [0.15, 0.2) is 22.8 Å². The zero-order chi connectivity index (χ0) is 14.7. The number of nitrogens with zero attached hydrogens (tertiary/aromatic N) is 1. The molecule has 1 aromatic heterocycles. The van der Waals surface area contributed by atoms with Crippen LogP contribution in [0.3, 0.4) is 0 Å². The Morgan fingerprint density at radius 1 is 1.50 bits per heavy atom. The van der Waals surface area contributed by atoms with Crippen LogP contribution >= 0.6 is 0 Å². The van der Waals surface area contributed by atoms with E-state index in [1.165, 1.54) is 0 Å². The van der Waals surface area contributed by atoms with Crippen LogP contribution in [0.5, 0.6) is 0 Å². The highest BCUT2D eigenvalue weighted by atomic mass is 16.4. The number of carboxylic acid groups (broad SMARTS) is 1. The number of carbonyl (C=O) groups is 2. The normalized spacial score (nSPS) is 22.5. The Bertz CT molecular complexity index is 537. The number of hydrogen-bond acceptors (Lipinski definition) is 4. The quantitative estimate of drug-likeness (QED) is 0.722. The van der Waals surface area contributed by atoms with Gasteiger partial charge in [0.05, 0.1) is 18.2 Å². The molecular weight excluding hydrogens is 262 g/mol. The number of carbonyl (C=O) groups excluding carboxylic acids is 1. The first kappa shape index (κ1) is 14.1. The summed E-state index contributed by atoms with van der Waals surface area (Å²) in [4.78, 5) is 26.6. The van der Waals surface area contributed by atoms with Gasteiger partial charge in [-0.15, -0.1) is 0 Å². The number of nitrogens with one attached hydrogen (secondary N) is 2. The molecule has 108 valence electrons. The minimum atomic E-state index is -0.880. The Balaban J connectivity index is 1.82. The topological polar surface area (TPSA) is 104 Å². The molecule has 0 aliphatic heterocycles. The monoisotopic (exact) mass is 279 g/mol. The van der Waals surface area contributed by atoms with Crippen molar-refractivity contribution in [3.63, 3.8) is 0 Å². The molecule has 20 heavy (non-hydrogen) atoms. The number of rotatable bonds is 4. The lowest BCUT2D eigenvalue weighted by molar-refractivity contribution is -0.140. The van der Waals surface area contributed by atoms with E-state index in [9.17, 15) is 9.59 Å². The zero-order valence-electron chi connectivity index (χ0n) is 11.3.